The third-order valence-electron chi connectivity index (χ3n) is 3.26. The maximum Gasteiger partial charge on any atom is 0.244 e. The minimum Gasteiger partial charge on any atom is -0.420 e. The van der Waals surface area contributed by atoms with E-state index >= 15 is 0 Å². The largest absolute Gasteiger partial charge is 0.420 e. The van der Waals surface area contributed by atoms with Gasteiger partial charge < -0.3 is 10.5 Å². The van der Waals surface area contributed by atoms with Gasteiger partial charge in [0, 0.05) is 11.3 Å². The second-order valence-corrected chi connectivity index (χ2v) is 4.40. The Morgan fingerprint density at radius 3 is 2.57 bits per heavy atom. The van der Waals surface area contributed by atoms with E-state index in [1.165, 1.54) is 0 Å². The summed E-state index contributed by atoms with van der Waals surface area (Å²) in [7, 11) is 0. The van der Waals surface area contributed by atoms with Crippen LogP contribution in [0.25, 0.3) is 0 Å². The van der Waals surface area contributed by atoms with Gasteiger partial charge in [0.15, 0.2) is 0 Å². The zero-order chi connectivity index (χ0) is 15.4. The van der Waals surface area contributed by atoms with E-state index in [2.05, 4.69) is 16.3 Å². The molecule has 0 aliphatic carbocycles. The Labute approximate surface area is 124 Å². The molecular formula is C16H18N4O. The number of hydrogen-bond donors (Lipinski definition) is 2. The van der Waals surface area contributed by atoms with Crippen LogP contribution in [-0.4, -0.2) is 10.2 Å². The zero-order valence-electron chi connectivity index (χ0n) is 12.3. The van der Waals surface area contributed by atoms with E-state index in [4.69, 9.17) is 10.5 Å². The number of nitriles is 1. The Hall–Kier alpha value is -2.74. The molecular weight excluding hydrogens is 264 g/mol. The number of aromatic nitrogens is 2. The van der Waals surface area contributed by atoms with Crippen molar-refractivity contribution in [2.24, 2.45) is 5.73 Å². The fourth-order valence-corrected chi connectivity index (χ4v) is 2.38. The highest BCUT2D eigenvalue weighted by atomic mass is 16.5. The van der Waals surface area contributed by atoms with E-state index < -0.39 is 0 Å². The molecule has 1 aliphatic heterocycles. The van der Waals surface area contributed by atoms with Crippen molar-refractivity contribution >= 4 is 0 Å². The first-order valence-electron chi connectivity index (χ1n) is 6.89. The molecule has 3 N–H and O–H groups in total. The first kappa shape index (κ1) is 14.7. The van der Waals surface area contributed by atoms with E-state index in [1.54, 1.807) is 0 Å². The highest BCUT2D eigenvalue weighted by Crippen LogP contribution is 2.42. The number of nitrogens with zero attached hydrogens (tertiary/aromatic N) is 2. The van der Waals surface area contributed by atoms with Crippen molar-refractivity contribution in [3.05, 3.63) is 58.6 Å². The van der Waals surface area contributed by atoms with Crippen molar-refractivity contribution in [3.8, 4) is 11.9 Å². The molecule has 2 aromatic rings. The molecule has 0 radical (unpaired) electrons. The summed E-state index contributed by atoms with van der Waals surface area (Å²) >= 11 is 0. The number of ether oxygens (including phenoxy) is 1. The fraction of sp³-hybridized carbons (Fsp3) is 0.250. The van der Waals surface area contributed by atoms with E-state index in [0.29, 0.717) is 11.5 Å². The molecule has 0 saturated heterocycles. The molecule has 5 heteroatoms. The summed E-state index contributed by atoms with van der Waals surface area (Å²) in [5.41, 5.74) is 8.99. The molecule has 1 aliphatic rings. The zero-order valence-corrected chi connectivity index (χ0v) is 12.3. The van der Waals surface area contributed by atoms with Crippen LogP contribution >= 0.6 is 0 Å². The maximum absolute atomic E-state index is 9.35. The van der Waals surface area contributed by atoms with Crippen LogP contribution in [0.1, 0.15) is 36.6 Å². The van der Waals surface area contributed by atoms with Crippen molar-refractivity contribution in [1.29, 1.82) is 5.26 Å². The number of benzene rings is 1. The van der Waals surface area contributed by atoms with Crippen LogP contribution in [0.2, 0.25) is 0 Å². The van der Waals surface area contributed by atoms with Crippen molar-refractivity contribution in [2.45, 2.75) is 26.7 Å². The number of allylic oxidation sites excluding steroid dienone is 1. The van der Waals surface area contributed by atoms with Crippen LogP contribution in [-0.2, 0) is 0 Å². The fourth-order valence-electron chi connectivity index (χ4n) is 2.38. The van der Waals surface area contributed by atoms with E-state index in [0.717, 1.165) is 16.8 Å². The highest BCUT2D eigenvalue weighted by Gasteiger charge is 2.33. The molecule has 1 unspecified atom stereocenters. The minimum absolute atomic E-state index is 0.121. The summed E-state index contributed by atoms with van der Waals surface area (Å²) < 4.78 is 5.40. The number of fused-ring (bicyclic) bond motifs is 1. The van der Waals surface area contributed by atoms with E-state index in [-0.39, 0.29) is 11.8 Å². The molecule has 1 aromatic heterocycles. The van der Waals surface area contributed by atoms with Crippen LogP contribution in [0.3, 0.4) is 0 Å². The molecule has 21 heavy (non-hydrogen) atoms. The average Bonchev–Trinajstić information content (AvgIpc) is 2.89. The van der Waals surface area contributed by atoms with Gasteiger partial charge in [-0.15, -0.1) is 5.10 Å². The van der Waals surface area contributed by atoms with Gasteiger partial charge in [-0.1, -0.05) is 44.2 Å². The number of aryl methyl sites for hydroxylation is 1. The number of rotatable bonds is 1. The smallest absolute Gasteiger partial charge is 0.244 e. The number of H-pyrrole nitrogens is 1. The lowest BCUT2D eigenvalue weighted by Gasteiger charge is -2.23. The lowest BCUT2D eigenvalue weighted by Crippen LogP contribution is -2.20. The van der Waals surface area contributed by atoms with Crippen LogP contribution in [0.4, 0.5) is 0 Å². The standard InChI is InChI=1S/C14H12N4O.C2H6/c1-8-11-12(9-5-3-2-4-6-9)10(7-15)13(16)19-14(11)18-17-8;1-2/h2-6,12H,16H2,1H3,(H,17,18);1-2H3. The van der Waals surface area contributed by atoms with Crippen LogP contribution < -0.4 is 10.5 Å². The van der Waals surface area contributed by atoms with Gasteiger partial charge in [0.1, 0.15) is 11.6 Å². The predicted molar refractivity (Wildman–Crippen MR) is 80.4 cm³/mol. The molecule has 0 amide bonds. The summed E-state index contributed by atoms with van der Waals surface area (Å²) in [6.07, 6.45) is 0. The molecule has 3 rings (SSSR count). The minimum atomic E-state index is -0.228. The first-order valence-corrected chi connectivity index (χ1v) is 6.89. The third-order valence-corrected chi connectivity index (χ3v) is 3.26. The third kappa shape index (κ3) is 2.48. The summed E-state index contributed by atoms with van der Waals surface area (Å²) in [5, 5.41) is 16.3. The molecule has 5 nitrogen and oxygen atoms in total. The lowest BCUT2D eigenvalue weighted by atomic mass is 9.84. The van der Waals surface area contributed by atoms with Crippen molar-refractivity contribution in [1.82, 2.24) is 10.2 Å². The normalized spacial score (nSPS) is 16.2. The topological polar surface area (TPSA) is 87.7 Å². The quantitative estimate of drug-likeness (QED) is 0.841. The second-order valence-electron chi connectivity index (χ2n) is 4.40. The van der Waals surface area contributed by atoms with Gasteiger partial charge in [-0.2, -0.15) is 5.26 Å². The Morgan fingerprint density at radius 2 is 1.95 bits per heavy atom. The molecule has 0 spiro atoms. The van der Waals surface area contributed by atoms with Crippen LogP contribution in [0.15, 0.2) is 41.8 Å². The summed E-state index contributed by atoms with van der Waals surface area (Å²) in [4.78, 5) is 0. The van der Waals surface area contributed by atoms with E-state index in [1.807, 2.05) is 51.1 Å². The molecule has 1 aromatic carbocycles. The Balaban J connectivity index is 0.000000774. The van der Waals surface area contributed by atoms with Gasteiger partial charge in [0.05, 0.1) is 5.92 Å². The Bertz CT molecular complexity index is 695. The van der Waals surface area contributed by atoms with Gasteiger partial charge in [0.2, 0.25) is 11.8 Å². The van der Waals surface area contributed by atoms with Crippen molar-refractivity contribution in [2.75, 3.05) is 0 Å². The molecule has 1 atom stereocenters. The number of nitrogens with one attached hydrogen (secondary N) is 1. The van der Waals surface area contributed by atoms with Crippen LogP contribution in [0.5, 0.6) is 5.88 Å². The Morgan fingerprint density at radius 1 is 1.29 bits per heavy atom. The second kappa shape index (κ2) is 6.14. The summed E-state index contributed by atoms with van der Waals surface area (Å²) in [6.45, 7) is 5.90. The summed E-state index contributed by atoms with van der Waals surface area (Å²) in [6, 6.07) is 11.9. The average molecular weight is 282 g/mol. The number of aromatic amines is 1. The monoisotopic (exact) mass is 282 g/mol. The lowest BCUT2D eigenvalue weighted by molar-refractivity contribution is 0.379. The van der Waals surface area contributed by atoms with Crippen molar-refractivity contribution < 1.29 is 4.74 Å². The molecule has 0 bridgehead atoms. The van der Waals surface area contributed by atoms with Gasteiger partial charge in [0.25, 0.3) is 0 Å². The van der Waals surface area contributed by atoms with Gasteiger partial charge >= 0.3 is 0 Å². The number of hydrogen-bond acceptors (Lipinski definition) is 4. The Kier molecular flexibility index (Phi) is 4.29. The molecule has 108 valence electrons. The van der Waals surface area contributed by atoms with Gasteiger partial charge in [-0.3, -0.25) is 5.10 Å². The summed E-state index contributed by atoms with van der Waals surface area (Å²) in [5.74, 6) is 0.340. The SMILES string of the molecule is CC.Cc1[nH]nc2c1C(c1ccccc1)C(C#N)=C(N)O2. The number of nitrogens with two attached hydrogens (primary N) is 1. The van der Waals surface area contributed by atoms with Gasteiger partial charge in [-0.05, 0) is 12.5 Å². The predicted octanol–water partition coefficient (Wildman–Crippen LogP) is 2.96. The maximum atomic E-state index is 9.35. The van der Waals surface area contributed by atoms with Gasteiger partial charge in [-0.25, -0.2) is 0 Å². The van der Waals surface area contributed by atoms with Crippen molar-refractivity contribution in [3.63, 3.8) is 0 Å². The van der Waals surface area contributed by atoms with Crippen LogP contribution in [0, 0.1) is 18.3 Å². The molecule has 0 saturated carbocycles. The highest BCUT2D eigenvalue weighted by molar-refractivity contribution is 5.54. The molecule has 0 fully saturated rings. The molecule has 2 heterocycles. The first-order chi connectivity index (χ1) is 10.2. The van der Waals surface area contributed by atoms with E-state index in [9.17, 15) is 5.26 Å².